The van der Waals surface area contributed by atoms with Crippen LogP contribution >= 0.6 is 11.8 Å². The van der Waals surface area contributed by atoms with Gasteiger partial charge in [-0.2, -0.15) is 0 Å². The predicted molar refractivity (Wildman–Crippen MR) is 88.7 cm³/mol. The number of amides is 2. The van der Waals surface area contributed by atoms with Gasteiger partial charge in [0.05, 0.1) is 11.8 Å². The van der Waals surface area contributed by atoms with Crippen molar-refractivity contribution in [1.29, 1.82) is 0 Å². The first kappa shape index (κ1) is 17.9. The van der Waals surface area contributed by atoms with Crippen LogP contribution in [-0.2, 0) is 14.8 Å². The first-order chi connectivity index (χ1) is 11.8. The van der Waals surface area contributed by atoms with Gasteiger partial charge in [0.1, 0.15) is 0 Å². The summed E-state index contributed by atoms with van der Waals surface area (Å²) in [5.41, 5.74) is -1.85. The van der Waals surface area contributed by atoms with Gasteiger partial charge in [0.2, 0.25) is 15.9 Å². The Kier molecular flexibility index (Phi) is 4.84. The van der Waals surface area contributed by atoms with E-state index in [0.29, 0.717) is 12.8 Å². The lowest BCUT2D eigenvalue weighted by Crippen LogP contribution is -2.55. The number of sulfonamides is 1. The third-order valence-corrected chi connectivity index (χ3v) is 6.56. The number of aromatic amines is 2. The second-order valence-electron chi connectivity index (χ2n) is 5.83. The number of H-pyrrole nitrogens is 2. The van der Waals surface area contributed by atoms with E-state index in [1.54, 1.807) is 0 Å². The zero-order valence-corrected chi connectivity index (χ0v) is 14.6. The van der Waals surface area contributed by atoms with Crippen LogP contribution in [0.3, 0.4) is 0 Å². The lowest BCUT2D eigenvalue weighted by molar-refractivity contribution is -0.127. The number of nitrogens with zero attached hydrogens (tertiary/aromatic N) is 1. The number of hydrogen-bond donors (Lipinski definition) is 3. The molecule has 10 nitrogen and oxygen atoms in total. The van der Waals surface area contributed by atoms with Gasteiger partial charge < -0.3 is 4.98 Å². The minimum Gasteiger partial charge on any atom is -0.313 e. The summed E-state index contributed by atoms with van der Waals surface area (Å²) in [4.78, 5) is 51.2. The fourth-order valence-corrected chi connectivity index (χ4v) is 5.17. The quantitative estimate of drug-likeness (QED) is 0.620. The minimum absolute atomic E-state index is 0.0500. The van der Waals surface area contributed by atoms with Gasteiger partial charge in [-0.25, -0.2) is 17.9 Å². The fraction of sp³-hybridized carbons (Fsp3) is 0.538. The van der Waals surface area contributed by atoms with Gasteiger partial charge in [-0.15, -0.1) is 0 Å². The molecule has 1 saturated carbocycles. The van der Waals surface area contributed by atoms with Crippen LogP contribution in [0.5, 0.6) is 0 Å². The molecule has 2 amide bonds. The molecule has 0 spiro atoms. The normalized spacial score (nSPS) is 24.7. The smallest absolute Gasteiger partial charge is 0.313 e. The third-order valence-electron chi connectivity index (χ3n) is 4.23. The summed E-state index contributed by atoms with van der Waals surface area (Å²) in [7, 11) is -4.22. The average molecular weight is 388 g/mol. The molecule has 1 saturated heterocycles. The largest absolute Gasteiger partial charge is 0.325 e. The highest BCUT2D eigenvalue weighted by Crippen LogP contribution is 2.30. The van der Waals surface area contributed by atoms with Crippen molar-refractivity contribution in [1.82, 2.24) is 19.6 Å². The van der Waals surface area contributed by atoms with E-state index in [4.69, 9.17) is 0 Å². The zero-order chi connectivity index (χ0) is 18.2. The zero-order valence-electron chi connectivity index (χ0n) is 13.0. The van der Waals surface area contributed by atoms with Gasteiger partial charge in [-0.1, -0.05) is 24.6 Å². The highest BCUT2D eigenvalue weighted by Gasteiger charge is 2.42. The average Bonchev–Trinajstić information content (AvgIpc) is 2.86. The Morgan fingerprint density at radius 3 is 2.52 bits per heavy atom. The summed E-state index contributed by atoms with van der Waals surface area (Å²) in [6.07, 6.45) is 3.25. The molecule has 2 heterocycles. The van der Waals surface area contributed by atoms with E-state index in [1.165, 1.54) is 0 Å². The molecule has 1 aliphatic heterocycles. The van der Waals surface area contributed by atoms with Crippen molar-refractivity contribution in [3.63, 3.8) is 0 Å². The molecule has 2 atom stereocenters. The van der Waals surface area contributed by atoms with E-state index in [0.717, 1.165) is 35.7 Å². The molecular formula is C13H16N4O6S2. The number of rotatable bonds is 4. The van der Waals surface area contributed by atoms with Crippen molar-refractivity contribution in [2.75, 3.05) is 5.75 Å². The van der Waals surface area contributed by atoms with Gasteiger partial charge in [-0.3, -0.25) is 24.3 Å². The van der Waals surface area contributed by atoms with Crippen LogP contribution in [0.1, 0.15) is 25.7 Å². The molecule has 1 aromatic rings. The molecule has 0 unspecified atom stereocenters. The van der Waals surface area contributed by atoms with E-state index in [2.05, 4.69) is 9.71 Å². The first-order valence-electron chi connectivity index (χ1n) is 7.63. The second-order valence-corrected chi connectivity index (χ2v) is 8.44. The van der Waals surface area contributed by atoms with Crippen molar-refractivity contribution >= 4 is 32.9 Å². The van der Waals surface area contributed by atoms with Crippen molar-refractivity contribution in [3.05, 3.63) is 27.0 Å². The van der Waals surface area contributed by atoms with Gasteiger partial charge in [-0.05, 0) is 12.8 Å². The Labute approximate surface area is 146 Å². The van der Waals surface area contributed by atoms with Crippen LogP contribution in [0, 0.1) is 0 Å². The lowest BCUT2D eigenvalue weighted by Gasteiger charge is -2.36. The van der Waals surface area contributed by atoms with Crippen LogP contribution in [0.2, 0.25) is 0 Å². The molecule has 0 aromatic carbocycles. The summed E-state index contributed by atoms with van der Waals surface area (Å²) in [6, 6.07) is -1.27. The van der Waals surface area contributed by atoms with Gasteiger partial charge >= 0.3 is 5.69 Å². The number of aromatic nitrogens is 2. The highest BCUT2D eigenvalue weighted by atomic mass is 32.2. The van der Waals surface area contributed by atoms with Crippen molar-refractivity contribution in [2.45, 2.75) is 42.7 Å². The molecule has 0 bridgehead atoms. The molecule has 1 aromatic heterocycles. The number of thioether (sulfide) groups is 1. The highest BCUT2D eigenvalue weighted by molar-refractivity contribution is 8.14. The first-order valence-corrected chi connectivity index (χ1v) is 10.1. The predicted octanol–water partition coefficient (Wildman–Crippen LogP) is -0.652. The van der Waals surface area contributed by atoms with Crippen molar-refractivity contribution in [3.8, 4) is 0 Å². The number of imide groups is 1. The van der Waals surface area contributed by atoms with Crippen molar-refractivity contribution < 1.29 is 18.0 Å². The van der Waals surface area contributed by atoms with Crippen LogP contribution in [-0.4, -0.2) is 52.3 Å². The Morgan fingerprint density at radius 2 is 1.88 bits per heavy atom. The summed E-state index contributed by atoms with van der Waals surface area (Å²) in [6.45, 7) is 0. The van der Waals surface area contributed by atoms with Crippen molar-refractivity contribution in [2.24, 2.45) is 0 Å². The topological polar surface area (TPSA) is 149 Å². The summed E-state index contributed by atoms with van der Waals surface area (Å²) >= 11 is 0.893. The monoisotopic (exact) mass is 388 g/mol. The van der Waals surface area contributed by atoms with E-state index in [-0.39, 0.29) is 16.9 Å². The summed E-state index contributed by atoms with van der Waals surface area (Å²) in [5, 5.41) is -0.386. The molecule has 2 aliphatic rings. The Hall–Kier alpha value is -1.92. The van der Waals surface area contributed by atoms with Gasteiger partial charge in [0, 0.05) is 12.2 Å². The molecule has 2 fully saturated rings. The van der Waals surface area contributed by atoms with E-state index < -0.39 is 38.3 Å². The molecule has 25 heavy (non-hydrogen) atoms. The number of nitrogens with one attached hydrogen (secondary N) is 3. The van der Waals surface area contributed by atoms with E-state index in [1.807, 2.05) is 4.98 Å². The van der Waals surface area contributed by atoms with E-state index >= 15 is 0 Å². The summed E-state index contributed by atoms with van der Waals surface area (Å²) < 4.78 is 27.4. The minimum atomic E-state index is -4.22. The van der Waals surface area contributed by atoms with Crippen LogP contribution in [0.4, 0.5) is 4.79 Å². The fourth-order valence-electron chi connectivity index (χ4n) is 3.10. The lowest BCUT2D eigenvalue weighted by atomic mass is 9.90. The SMILES string of the molecule is O=C1CSC(=O)N1[C@H]1CCCC[C@@H]1NS(=O)(=O)c1c[nH]c(=O)[nH]c1=O. The van der Waals surface area contributed by atoms with E-state index in [9.17, 15) is 27.6 Å². The molecule has 3 rings (SSSR count). The number of hydrogen-bond acceptors (Lipinski definition) is 7. The maximum absolute atomic E-state index is 12.5. The molecule has 12 heteroatoms. The Balaban J connectivity index is 1.88. The Bertz CT molecular complexity index is 905. The molecular weight excluding hydrogens is 372 g/mol. The standard InChI is InChI=1S/C13H16N4O6S2/c18-10-6-24-13(21)17(10)8-4-2-1-3-7(8)16-25(22,23)9-5-14-12(20)15-11(9)19/h5,7-8,16H,1-4,6H2,(H2,14,15,19,20)/t7-,8-/m0/s1. The molecule has 1 aliphatic carbocycles. The maximum atomic E-state index is 12.5. The van der Waals surface area contributed by atoms with Gasteiger partial charge in [0.25, 0.3) is 10.8 Å². The van der Waals surface area contributed by atoms with Crippen LogP contribution in [0.25, 0.3) is 0 Å². The molecule has 136 valence electrons. The van der Waals surface area contributed by atoms with Crippen LogP contribution < -0.4 is 16.0 Å². The van der Waals surface area contributed by atoms with Crippen LogP contribution in [0.15, 0.2) is 20.7 Å². The maximum Gasteiger partial charge on any atom is 0.325 e. The molecule has 3 N–H and O–H groups in total. The number of carbonyl (C=O) groups excluding carboxylic acids is 2. The Morgan fingerprint density at radius 1 is 1.16 bits per heavy atom. The second kappa shape index (κ2) is 6.77. The number of carbonyl (C=O) groups is 2. The van der Waals surface area contributed by atoms with Gasteiger partial charge in [0.15, 0.2) is 4.90 Å². The molecule has 0 radical (unpaired) electrons. The summed E-state index contributed by atoms with van der Waals surface area (Å²) in [5.74, 6) is -0.290. The third kappa shape index (κ3) is 3.55.